The van der Waals surface area contributed by atoms with E-state index in [1.807, 2.05) is 13.8 Å². The molecule has 1 rings (SSSR count). The number of nitrogens with two attached hydrogens (primary N) is 1. The number of carbonyl (C=O) groups excluding carboxylic acids is 2. The van der Waals surface area contributed by atoms with E-state index in [1.165, 1.54) is 0 Å². The second-order valence-electron chi connectivity index (χ2n) is 5.84. The van der Waals surface area contributed by atoms with E-state index in [0.717, 1.165) is 11.8 Å². The molecule has 134 valence electrons. The largest absolute Gasteiger partial charge is 0.350 e. The number of sulfonamides is 1. The van der Waals surface area contributed by atoms with Gasteiger partial charge in [0, 0.05) is 12.2 Å². The maximum absolute atomic E-state index is 11.7. The third kappa shape index (κ3) is 7.42. The van der Waals surface area contributed by atoms with Gasteiger partial charge in [0.1, 0.15) is 0 Å². The molecule has 0 aliphatic carbocycles. The zero-order valence-corrected chi connectivity index (χ0v) is 14.8. The molecule has 5 N–H and O–H groups in total. The molecule has 0 saturated carbocycles. The van der Waals surface area contributed by atoms with Gasteiger partial charge in [0.15, 0.2) is 0 Å². The van der Waals surface area contributed by atoms with Crippen LogP contribution in [0.1, 0.15) is 19.4 Å². The molecule has 0 bridgehead atoms. The standard InChI is InChI=1S/C15H24N4O4S/c1-10(2)14(16)15(21)18-9-13(20)17-8-11-5-4-6-12(7-11)19-24(3,22)23/h4-7,10,14,19H,8-9,16H2,1-3H3,(H,17,20)(H,18,21)/t14-/m0/s1. The van der Waals surface area contributed by atoms with Gasteiger partial charge < -0.3 is 16.4 Å². The van der Waals surface area contributed by atoms with Crippen LogP contribution in [0.3, 0.4) is 0 Å². The maximum Gasteiger partial charge on any atom is 0.239 e. The summed E-state index contributed by atoms with van der Waals surface area (Å²) in [7, 11) is -3.36. The highest BCUT2D eigenvalue weighted by atomic mass is 32.2. The lowest BCUT2D eigenvalue weighted by molar-refractivity contribution is -0.127. The molecule has 0 radical (unpaired) electrons. The third-order valence-electron chi connectivity index (χ3n) is 3.16. The predicted octanol–water partition coefficient (Wildman–Crippen LogP) is -0.226. The van der Waals surface area contributed by atoms with Crippen molar-refractivity contribution in [2.24, 2.45) is 11.7 Å². The SMILES string of the molecule is CC(C)[C@H](N)C(=O)NCC(=O)NCc1cccc(NS(C)(=O)=O)c1. The van der Waals surface area contributed by atoms with E-state index in [9.17, 15) is 18.0 Å². The van der Waals surface area contributed by atoms with Gasteiger partial charge in [0.2, 0.25) is 21.8 Å². The first kappa shape index (κ1) is 19.9. The topological polar surface area (TPSA) is 130 Å². The lowest BCUT2D eigenvalue weighted by Crippen LogP contribution is -2.47. The zero-order chi connectivity index (χ0) is 18.3. The van der Waals surface area contributed by atoms with Gasteiger partial charge in [-0.05, 0) is 23.6 Å². The molecule has 1 aromatic carbocycles. The summed E-state index contributed by atoms with van der Waals surface area (Å²) in [4.78, 5) is 23.4. The van der Waals surface area contributed by atoms with Crippen LogP contribution < -0.4 is 21.1 Å². The van der Waals surface area contributed by atoms with Crippen molar-refractivity contribution in [2.75, 3.05) is 17.5 Å². The average Bonchev–Trinajstić information content (AvgIpc) is 2.48. The Kier molecular flexibility index (Phi) is 7.18. The molecule has 2 amide bonds. The van der Waals surface area contributed by atoms with Gasteiger partial charge in [0.05, 0.1) is 18.8 Å². The molecule has 0 saturated heterocycles. The van der Waals surface area contributed by atoms with Crippen LogP contribution in [0.5, 0.6) is 0 Å². The van der Waals surface area contributed by atoms with Crippen LogP contribution in [0.4, 0.5) is 5.69 Å². The lowest BCUT2D eigenvalue weighted by Gasteiger charge is -2.15. The van der Waals surface area contributed by atoms with Crippen LogP contribution in [0.2, 0.25) is 0 Å². The Balaban J connectivity index is 2.47. The minimum Gasteiger partial charge on any atom is -0.350 e. The Labute approximate surface area is 142 Å². The summed E-state index contributed by atoms with van der Waals surface area (Å²) in [6.07, 6.45) is 1.06. The summed E-state index contributed by atoms with van der Waals surface area (Å²) in [5, 5.41) is 5.12. The van der Waals surface area contributed by atoms with Gasteiger partial charge in [-0.2, -0.15) is 0 Å². The van der Waals surface area contributed by atoms with Crippen LogP contribution in [-0.4, -0.2) is 39.1 Å². The predicted molar refractivity (Wildman–Crippen MR) is 92.6 cm³/mol. The van der Waals surface area contributed by atoms with Crippen molar-refractivity contribution in [2.45, 2.75) is 26.4 Å². The quantitative estimate of drug-likeness (QED) is 0.511. The molecule has 0 fully saturated rings. The number of anilines is 1. The van der Waals surface area contributed by atoms with Gasteiger partial charge in [-0.1, -0.05) is 26.0 Å². The van der Waals surface area contributed by atoms with Crippen molar-refractivity contribution in [3.63, 3.8) is 0 Å². The van der Waals surface area contributed by atoms with Crippen LogP contribution in [0, 0.1) is 5.92 Å². The fourth-order valence-corrected chi connectivity index (χ4v) is 2.37. The second-order valence-corrected chi connectivity index (χ2v) is 7.59. The summed E-state index contributed by atoms with van der Waals surface area (Å²) in [5.41, 5.74) is 6.82. The molecule has 8 nitrogen and oxygen atoms in total. The second kappa shape index (κ2) is 8.65. The van der Waals surface area contributed by atoms with E-state index in [2.05, 4.69) is 15.4 Å². The van der Waals surface area contributed by atoms with E-state index in [1.54, 1.807) is 24.3 Å². The van der Waals surface area contributed by atoms with Crippen molar-refractivity contribution in [3.05, 3.63) is 29.8 Å². The molecule has 24 heavy (non-hydrogen) atoms. The number of carbonyl (C=O) groups is 2. The molecule has 9 heteroatoms. The number of hydrogen-bond donors (Lipinski definition) is 4. The van der Waals surface area contributed by atoms with E-state index in [-0.39, 0.29) is 30.8 Å². The highest BCUT2D eigenvalue weighted by molar-refractivity contribution is 7.92. The monoisotopic (exact) mass is 356 g/mol. The van der Waals surface area contributed by atoms with Crippen LogP contribution in [0.25, 0.3) is 0 Å². The van der Waals surface area contributed by atoms with Crippen molar-refractivity contribution < 1.29 is 18.0 Å². The highest BCUT2D eigenvalue weighted by Gasteiger charge is 2.17. The normalized spacial score (nSPS) is 12.5. The first-order valence-electron chi connectivity index (χ1n) is 7.45. The summed E-state index contributed by atoms with van der Waals surface area (Å²) in [6.45, 7) is 3.69. The molecular formula is C15H24N4O4S. The van der Waals surface area contributed by atoms with E-state index >= 15 is 0 Å². The molecule has 0 heterocycles. The van der Waals surface area contributed by atoms with E-state index in [0.29, 0.717) is 5.69 Å². The number of benzene rings is 1. The van der Waals surface area contributed by atoms with Crippen molar-refractivity contribution in [3.8, 4) is 0 Å². The van der Waals surface area contributed by atoms with Gasteiger partial charge >= 0.3 is 0 Å². The number of hydrogen-bond acceptors (Lipinski definition) is 5. The first-order chi connectivity index (χ1) is 11.1. The fourth-order valence-electron chi connectivity index (χ4n) is 1.81. The summed E-state index contributed by atoms with van der Waals surface area (Å²) in [5.74, 6) is -0.751. The number of nitrogens with one attached hydrogen (secondary N) is 3. The average molecular weight is 356 g/mol. The molecule has 1 atom stereocenters. The summed E-state index contributed by atoms with van der Waals surface area (Å²) >= 11 is 0. The third-order valence-corrected chi connectivity index (χ3v) is 3.77. The molecule has 0 spiro atoms. The van der Waals surface area contributed by atoms with E-state index < -0.39 is 16.1 Å². The van der Waals surface area contributed by atoms with Crippen molar-refractivity contribution in [1.82, 2.24) is 10.6 Å². The number of rotatable bonds is 8. The molecule has 1 aromatic rings. The Morgan fingerprint density at radius 1 is 1.21 bits per heavy atom. The lowest BCUT2D eigenvalue weighted by atomic mass is 10.1. The minimum atomic E-state index is -3.36. The Morgan fingerprint density at radius 2 is 1.88 bits per heavy atom. The van der Waals surface area contributed by atoms with Crippen LogP contribution in [0.15, 0.2) is 24.3 Å². The Bertz CT molecular complexity index is 688. The Hall–Kier alpha value is -2.13. The van der Waals surface area contributed by atoms with Gasteiger partial charge in [-0.15, -0.1) is 0 Å². The molecule has 0 unspecified atom stereocenters. The van der Waals surface area contributed by atoms with Gasteiger partial charge in [-0.25, -0.2) is 8.42 Å². The molecule has 0 aliphatic heterocycles. The van der Waals surface area contributed by atoms with Crippen molar-refractivity contribution >= 4 is 27.5 Å². The van der Waals surface area contributed by atoms with Crippen LogP contribution >= 0.6 is 0 Å². The molecular weight excluding hydrogens is 332 g/mol. The fraction of sp³-hybridized carbons (Fsp3) is 0.467. The number of amides is 2. The van der Waals surface area contributed by atoms with E-state index in [4.69, 9.17) is 5.73 Å². The maximum atomic E-state index is 11.7. The molecule has 0 aromatic heterocycles. The molecule has 0 aliphatic rings. The van der Waals surface area contributed by atoms with Crippen molar-refractivity contribution in [1.29, 1.82) is 0 Å². The zero-order valence-electron chi connectivity index (χ0n) is 14.0. The highest BCUT2D eigenvalue weighted by Crippen LogP contribution is 2.11. The Morgan fingerprint density at radius 3 is 2.46 bits per heavy atom. The smallest absolute Gasteiger partial charge is 0.239 e. The van der Waals surface area contributed by atoms with Gasteiger partial charge in [0.25, 0.3) is 0 Å². The first-order valence-corrected chi connectivity index (χ1v) is 9.34. The van der Waals surface area contributed by atoms with Crippen LogP contribution in [-0.2, 0) is 26.2 Å². The summed E-state index contributed by atoms with van der Waals surface area (Å²) in [6, 6.07) is 6.00. The summed E-state index contributed by atoms with van der Waals surface area (Å²) < 4.78 is 24.8. The van der Waals surface area contributed by atoms with Gasteiger partial charge in [-0.3, -0.25) is 14.3 Å². The minimum absolute atomic E-state index is 0.0156.